The van der Waals surface area contributed by atoms with Gasteiger partial charge in [0.05, 0.1) is 19.8 Å². The molecule has 0 N–H and O–H groups in total. The van der Waals surface area contributed by atoms with Crippen molar-refractivity contribution in [3.05, 3.63) is 37.5 Å². The van der Waals surface area contributed by atoms with E-state index in [4.69, 9.17) is 4.74 Å². The molecule has 0 aromatic rings. The van der Waals surface area contributed by atoms with Crippen LogP contribution in [-0.2, 0) is 28.6 Å². The number of esters is 3. The Morgan fingerprint density at radius 2 is 1.28 bits per heavy atom. The van der Waals surface area contributed by atoms with Gasteiger partial charge >= 0.3 is 17.9 Å². The zero-order chi connectivity index (χ0) is 20.3. The van der Waals surface area contributed by atoms with Crippen LogP contribution in [0.5, 0.6) is 0 Å². The molecule has 0 amide bonds. The van der Waals surface area contributed by atoms with E-state index in [0.29, 0.717) is 37.7 Å². The highest BCUT2D eigenvalue weighted by Crippen LogP contribution is 2.01. The van der Waals surface area contributed by atoms with Gasteiger partial charge in [-0.1, -0.05) is 40.5 Å². The Hall–Kier alpha value is -2.37. The molecular weight excluding hydrogens is 324 g/mol. The van der Waals surface area contributed by atoms with Gasteiger partial charge in [0.1, 0.15) is 0 Å². The highest BCUT2D eigenvalue weighted by atomic mass is 16.5. The molecule has 0 aromatic carbocycles. The van der Waals surface area contributed by atoms with Gasteiger partial charge in [-0.3, -0.25) is 0 Å². The molecule has 6 heteroatoms. The molecule has 0 bridgehead atoms. The van der Waals surface area contributed by atoms with Crippen LogP contribution in [0.4, 0.5) is 0 Å². The highest BCUT2D eigenvalue weighted by molar-refractivity contribution is 5.87. The van der Waals surface area contributed by atoms with E-state index >= 15 is 0 Å². The minimum atomic E-state index is -0.359. The summed E-state index contributed by atoms with van der Waals surface area (Å²) in [4.78, 5) is 31.1. The van der Waals surface area contributed by atoms with Gasteiger partial charge in [0.2, 0.25) is 0 Å². The van der Waals surface area contributed by atoms with Gasteiger partial charge in [-0.05, 0) is 26.2 Å². The SMILES string of the molecule is C=C(CC)C(=O)OCC(C)C.C=CC(=O)OCC.C=CC(=O)OCC. The van der Waals surface area contributed by atoms with Crippen molar-refractivity contribution >= 4 is 17.9 Å². The predicted octanol–water partition coefficient (Wildman–Crippen LogP) is 3.62. The van der Waals surface area contributed by atoms with Crippen molar-refractivity contribution in [2.75, 3.05) is 19.8 Å². The molecule has 0 aliphatic rings. The average Bonchev–Trinajstić information content (AvgIpc) is 2.60. The minimum absolute atomic E-state index is 0.263. The Morgan fingerprint density at radius 3 is 1.48 bits per heavy atom. The zero-order valence-electron chi connectivity index (χ0n) is 16.1. The first-order chi connectivity index (χ1) is 11.7. The summed E-state index contributed by atoms with van der Waals surface area (Å²) < 4.78 is 13.8. The molecule has 0 radical (unpaired) electrons. The standard InChI is InChI=1S/C9H16O2.2C5H8O2/c1-5-8(4)9(10)11-6-7(2)3;2*1-3-5(6)7-4-2/h7H,4-6H2,1-3H3;2*3H,1,4H2,2H3. The molecule has 144 valence electrons. The summed E-state index contributed by atoms with van der Waals surface area (Å²) >= 11 is 0. The second-order valence-corrected chi connectivity index (χ2v) is 4.86. The summed E-state index contributed by atoms with van der Waals surface area (Å²) in [5, 5.41) is 0. The quantitative estimate of drug-likeness (QED) is 0.375. The summed E-state index contributed by atoms with van der Waals surface area (Å²) in [7, 11) is 0. The molecule has 0 aliphatic heterocycles. The van der Waals surface area contributed by atoms with E-state index in [-0.39, 0.29) is 17.9 Å². The average molecular weight is 356 g/mol. The summed E-state index contributed by atoms with van der Waals surface area (Å²) in [5.41, 5.74) is 0.547. The molecule has 0 spiro atoms. The fourth-order valence-corrected chi connectivity index (χ4v) is 0.891. The van der Waals surface area contributed by atoms with Crippen LogP contribution in [0.2, 0.25) is 0 Å². The number of carbonyl (C=O) groups is 3. The zero-order valence-corrected chi connectivity index (χ0v) is 16.1. The molecule has 6 nitrogen and oxygen atoms in total. The van der Waals surface area contributed by atoms with Crippen molar-refractivity contribution in [3.63, 3.8) is 0 Å². The number of hydrogen-bond donors (Lipinski definition) is 0. The number of carbonyl (C=O) groups excluding carboxylic acids is 3. The molecule has 0 saturated heterocycles. The van der Waals surface area contributed by atoms with Crippen LogP contribution < -0.4 is 0 Å². The molecule has 0 aromatic heterocycles. The molecule has 0 rings (SSSR count). The van der Waals surface area contributed by atoms with Gasteiger partial charge in [0, 0.05) is 17.7 Å². The lowest BCUT2D eigenvalue weighted by Gasteiger charge is -2.06. The normalized spacial score (nSPS) is 8.56. The topological polar surface area (TPSA) is 78.9 Å². The lowest BCUT2D eigenvalue weighted by atomic mass is 10.2. The van der Waals surface area contributed by atoms with Crippen molar-refractivity contribution in [1.82, 2.24) is 0 Å². The highest BCUT2D eigenvalue weighted by Gasteiger charge is 2.06. The number of hydrogen-bond acceptors (Lipinski definition) is 6. The Bertz CT molecular complexity index is 402. The largest absolute Gasteiger partial charge is 0.463 e. The van der Waals surface area contributed by atoms with Gasteiger partial charge in [-0.15, -0.1) is 0 Å². The smallest absolute Gasteiger partial charge is 0.333 e. The molecule has 0 fully saturated rings. The van der Waals surface area contributed by atoms with E-state index in [2.05, 4.69) is 29.2 Å². The van der Waals surface area contributed by atoms with Crippen LogP contribution in [0.25, 0.3) is 0 Å². The third-order valence-corrected chi connectivity index (χ3v) is 2.17. The molecule has 0 unspecified atom stereocenters. The molecule has 0 heterocycles. The minimum Gasteiger partial charge on any atom is -0.463 e. The number of ether oxygens (including phenoxy) is 3. The Kier molecular flexibility index (Phi) is 21.6. The summed E-state index contributed by atoms with van der Waals surface area (Å²) in [5.74, 6) is -0.588. The van der Waals surface area contributed by atoms with Crippen molar-refractivity contribution < 1.29 is 28.6 Å². The summed E-state index contributed by atoms with van der Waals surface area (Å²) in [6, 6.07) is 0. The maximum atomic E-state index is 11.0. The van der Waals surface area contributed by atoms with Crippen molar-refractivity contribution in [1.29, 1.82) is 0 Å². The predicted molar refractivity (Wildman–Crippen MR) is 98.9 cm³/mol. The van der Waals surface area contributed by atoms with Crippen LogP contribution in [0.15, 0.2) is 37.5 Å². The summed E-state index contributed by atoms with van der Waals surface area (Å²) in [6.45, 7) is 20.7. The first-order valence-corrected chi connectivity index (χ1v) is 8.13. The van der Waals surface area contributed by atoms with E-state index in [1.54, 1.807) is 13.8 Å². The third kappa shape index (κ3) is 24.0. The fraction of sp³-hybridized carbons (Fsp3) is 0.526. The second kappa shape index (κ2) is 19.7. The van der Waals surface area contributed by atoms with E-state index in [1.807, 2.05) is 20.8 Å². The first-order valence-electron chi connectivity index (χ1n) is 8.13. The second-order valence-electron chi connectivity index (χ2n) is 4.86. The lowest BCUT2D eigenvalue weighted by molar-refractivity contribution is -0.140. The Labute approximate surface area is 151 Å². The maximum absolute atomic E-state index is 11.0. The van der Waals surface area contributed by atoms with Crippen molar-refractivity contribution in [3.8, 4) is 0 Å². The monoisotopic (exact) mass is 356 g/mol. The van der Waals surface area contributed by atoms with Gasteiger partial charge in [0.25, 0.3) is 0 Å². The van der Waals surface area contributed by atoms with Gasteiger partial charge in [-0.25, -0.2) is 14.4 Å². The lowest BCUT2D eigenvalue weighted by Crippen LogP contribution is -2.10. The van der Waals surface area contributed by atoms with E-state index in [9.17, 15) is 14.4 Å². The van der Waals surface area contributed by atoms with Crippen LogP contribution >= 0.6 is 0 Å². The molecule has 0 atom stereocenters. The third-order valence-electron chi connectivity index (χ3n) is 2.17. The maximum Gasteiger partial charge on any atom is 0.333 e. The first kappa shape index (κ1) is 27.5. The molecule has 0 aliphatic carbocycles. The summed E-state index contributed by atoms with van der Waals surface area (Å²) in [6.07, 6.45) is 2.95. The van der Waals surface area contributed by atoms with Crippen LogP contribution in [0.3, 0.4) is 0 Å². The van der Waals surface area contributed by atoms with Gasteiger partial charge in [0.15, 0.2) is 0 Å². The van der Waals surface area contributed by atoms with Crippen LogP contribution in [0.1, 0.15) is 41.0 Å². The Balaban J connectivity index is -0.000000304. The molecule has 0 saturated carbocycles. The van der Waals surface area contributed by atoms with Crippen molar-refractivity contribution in [2.45, 2.75) is 41.0 Å². The van der Waals surface area contributed by atoms with E-state index in [0.717, 1.165) is 12.2 Å². The number of rotatable bonds is 8. The van der Waals surface area contributed by atoms with E-state index in [1.165, 1.54) is 0 Å². The van der Waals surface area contributed by atoms with Crippen molar-refractivity contribution in [2.24, 2.45) is 5.92 Å². The molecular formula is C19H32O6. The van der Waals surface area contributed by atoms with Gasteiger partial charge in [-0.2, -0.15) is 0 Å². The van der Waals surface area contributed by atoms with Crippen LogP contribution in [0, 0.1) is 5.92 Å². The molecule has 25 heavy (non-hydrogen) atoms. The van der Waals surface area contributed by atoms with Crippen LogP contribution in [-0.4, -0.2) is 37.7 Å². The fourth-order valence-electron chi connectivity index (χ4n) is 0.891. The Morgan fingerprint density at radius 1 is 0.880 bits per heavy atom. The van der Waals surface area contributed by atoms with E-state index < -0.39 is 0 Å². The van der Waals surface area contributed by atoms with Gasteiger partial charge < -0.3 is 14.2 Å².